The van der Waals surface area contributed by atoms with Gasteiger partial charge in [-0.2, -0.15) is 0 Å². The van der Waals surface area contributed by atoms with Crippen LogP contribution in [0.2, 0.25) is 5.02 Å². The molecule has 0 aromatic heterocycles. The Kier molecular flexibility index (Phi) is 8.62. The minimum absolute atomic E-state index is 0. The summed E-state index contributed by atoms with van der Waals surface area (Å²) in [4.78, 5) is 12.8. The molecule has 130 valence electrons. The number of halogens is 1. The van der Waals surface area contributed by atoms with E-state index >= 15 is 0 Å². The Labute approximate surface area is 167 Å². The predicted octanol–water partition coefficient (Wildman–Crippen LogP) is 0.635. The molecule has 0 aliphatic heterocycles. The number of carbonyl (C=O) groups is 1. The third kappa shape index (κ3) is 4.83. The average Bonchev–Trinajstić information content (AvgIpc) is 2.61. The molecule has 0 amide bonds. The smallest absolute Gasteiger partial charge is 1.00 e. The first-order valence-corrected chi connectivity index (χ1v) is 8.37. The van der Waals surface area contributed by atoms with Crippen LogP contribution < -0.4 is 43.1 Å². The molecule has 0 bridgehead atoms. The fourth-order valence-corrected chi connectivity index (χ4v) is 3.74. The van der Waals surface area contributed by atoms with Gasteiger partial charge < -0.3 is 20.4 Å². The number of carbonyl (C=O) groups excluding carboxylic acids is 1. The number of benzene rings is 2. The fourth-order valence-electron chi connectivity index (χ4n) is 2.20. The van der Waals surface area contributed by atoms with Crippen LogP contribution in [0, 0.1) is 0 Å². The van der Waals surface area contributed by atoms with E-state index < -0.39 is 0 Å². The van der Waals surface area contributed by atoms with Crippen molar-refractivity contribution < 1.29 is 44.0 Å². The third-order valence-electron chi connectivity index (χ3n) is 3.38. The summed E-state index contributed by atoms with van der Waals surface area (Å²) in [7, 11) is 5.86. The Balaban J connectivity index is 0.00000312. The molecular formula is C17H19ClLiO5P. The van der Waals surface area contributed by atoms with Gasteiger partial charge in [0.05, 0.1) is 44.3 Å². The van der Waals surface area contributed by atoms with Gasteiger partial charge in [-0.1, -0.05) is 17.7 Å². The van der Waals surface area contributed by atoms with Gasteiger partial charge in [0.15, 0.2) is 5.52 Å². The van der Waals surface area contributed by atoms with E-state index in [0.29, 0.717) is 38.9 Å². The Morgan fingerprint density at radius 2 is 1.52 bits per heavy atom. The Bertz CT molecular complexity index is 735. The molecule has 2 aromatic rings. The molecule has 0 saturated heterocycles. The summed E-state index contributed by atoms with van der Waals surface area (Å²) < 4.78 is 21.2. The number of ether oxygens (including phenoxy) is 4. The molecule has 0 heterocycles. The molecule has 2 aromatic carbocycles. The molecule has 8 heteroatoms. The second-order valence-electron chi connectivity index (χ2n) is 4.68. The first-order valence-electron chi connectivity index (χ1n) is 6.99. The summed E-state index contributed by atoms with van der Waals surface area (Å²) in [6.45, 7) is 0. The summed E-state index contributed by atoms with van der Waals surface area (Å²) in [5, 5.41) is 0.992. The molecule has 0 aliphatic carbocycles. The second-order valence-corrected chi connectivity index (χ2v) is 6.29. The molecule has 0 saturated carbocycles. The summed E-state index contributed by atoms with van der Waals surface area (Å²) >= 11 is 6.19. The molecular weight excluding hydrogens is 358 g/mol. The normalized spacial score (nSPS) is 10.3. The van der Waals surface area contributed by atoms with Crippen LogP contribution in [0.1, 0.15) is 11.8 Å². The van der Waals surface area contributed by atoms with E-state index in [1.807, 2.05) is 0 Å². The van der Waals surface area contributed by atoms with Gasteiger partial charge in [0, 0.05) is 12.1 Å². The number of hydrogen-bond acceptors (Lipinski definition) is 5. The minimum Gasteiger partial charge on any atom is -1.00 e. The first-order chi connectivity index (χ1) is 11.5. The van der Waals surface area contributed by atoms with Gasteiger partial charge in [-0.25, -0.2) is 0 Å². The standard InChI is InChI=1S/C17H18ClO5P.Li.H/c1-20-10-8-13(22-3)16(14(9-10)23-4)24-17(19)15-11(18)6-5-7-12(15)21-2;;/h5-9,24H,1-4H3;;/q;+1;-1. The van der Waals surface area contributed by atoms with Crippen LogP contribution in [0.4, 0.5) is 0 Å². The summed E-state index contributed by atoms with van der Waals surface area (Å²) in [6.07, 6.45) is 0. The van der Waals surface area contributed by atoms with Gasteiger partial charge in [-0.3, -0.25) is 4.79 Å². The molecule has 1 unspecified atom stereocenters. The minimum atomic E-state index is -0.248. The van der Waals surface area contributed by atoms with E-state index in [0.717, 1.165) is 0 Å². The molecule has 2 rings (SSSR count). The van der Waals surface area contributed by atoms with E-state index in [2.05, 4.69) is 0 Å². The molecule has 1 atom stereocenters. The van der Waals surface area contributed by atoms with Gasteiger partial charge in [-0.15, -0.1) is 0 Å². The Hall–Kier alpha value is -1.37. The topological polar surface area (TPSA) is 54.0 Å². The molecule has 0 radical (unpaired) electrons. The maximum absolute atomic E-state index is 12.8. The van der Waals surface area contributed by atoms with Crippen molar-refractivity contribution >= 4 is 31.0 Å². The monoisotopic (exact) mass is 376 g/mol. The molecule has 25 heavy (non-hydrogen) atoms. The largest absolute Gasteiger partial charge is 1.00 e. The van der Waals surface area contributed by atoms with Crippen LogP contribution >= 0.6 is 20.2 Å². The van der Waals surface area contributed by atoms with Crippen LogP contribution in [0.25, 0.3) is 0 Å². The van der Waals surface area contributed by atoms with Crippen molar-refractivity contribution in [2.45, 2.75) is 0 Å². The molecule has 0 N–H and O–H groups in total. The van der Waals surface area contributed by atoms with E-state index in [9.17, 15) is 4.79 Å². The molecule has 0 fully saturated rings. The van der Waals surface area contributed by atoms with Crippen molar-refractivity contribution in [1.29, 1.82) is 0 Å². The van der Waals surface area contributed by atoms with Crippen LogP contribution in [0.5, 0.6) is 23.0 Å². The SMILES string of the molecule is COc1cc(OC)c(PC(=O)c2c(Cl)cccc2OC)c(OC)c1.[H-].[Li+]. The summed E-state index contributed by atoms with van der Waals surface area (Å²) in [5.74, 6) is 2.05. The third-order valence-corrected chi connectivity index (χ3v) is 4.91. The van der Waals surface area contributed by atoms with E-state index in [4.69, 9.17) is 30.5 Å². The maximum atomic E-state index is 12.8. The maximum Gasteiger partial charge on any atom is 1.00 e. The van der Waals surface area contributed by atoms with Gasteiger partial charge in [0.25, 0.3) is 0 Å². The average molecular weight is 377 g/mol. The van der Waals surface area contributed by atoms with Crippen LogP contribution in [0.3, 0.4) is 0 Å². The van der Waals surface area contributed by atoms with Gasteiger partial charge in [-0.05, 0) is 20.7 Å². The molecule has 0 aliphatic rings. The predicted molar refractivity (Wildman–Crippen MR) is 97.5 cm³/mol. The summed E-state index contributed by atoms with van der Waals surface area (Å²) in [5.41, 5.74) is 0.180. The fraction of sp³-hybridized carbons (Fsp3) is 0.235. The Morgan fingerprint density at radius 1 is 0.960 bits per heavy atom. The van der Waals surface area contributed by atoms with Crippen molar-refractivity contribution in [3.05, 3.63) is 40.9 Å². The van der Waals surface area contributed by atoms with Gasteiger partial charge >= 0.3 is 18.9 Å². The zero-order chi connectivity index (χ0) is 17.7. The summed E-state index contributed by atoms with van der Waals surface area (Å²) in [6, 6.07) is 8.51. The number of rotatable bonds is 7. The van der Waals surface area contributed by atoms with E-state index in [1.54, 1.807) is 37.4 Å². The van der Waals surface area contributed by atoms with Crippen molar-refractivity contribution in [3.8, 4) is 23.0 Å². The Morgan fingerprint density at radius 3 is 2.00 bits per heavy atom. The second kappa shape index (κ2) is 9.94. The van der Waals surface area contributed by atoms with Crippen molar-refractivity contribution in [1.82, 2.24) is 0 Å². The number of hydrogen-bond donors (Lipinski definition) is 0. The van der Waals surface area contributed by atoms with Gasteiger partial charge in [0.2, 0.25) is 0 Å². The van der Waals surface area contributed by atoms with E-state index in [-0.39, 0.29) is 34.4 Å². The molecule has 5 nitrogen and oxygen atoms in total. The van der Waals surface area contributed by atoms with Gasteiger partial charge in [0.1, 0.15) is 23.0 Å². The zero-order valence-electron chi connectivity index (χ0n) is 15.8. The van der Waals surface area contributed by atoms with Crippen LogP contribution in [0.15, 0.2) is 30.3 Å². The van der Waals surface area contributed by atoms with E-state index in [1.165, 1.54) is 21.3 Å². The van der Waals surface area contributed by atoms with Crippen molar-refractivity contribution in [3.63, 3.8) is 0 Å². The van der Waals surface area contributed by atoms with Crippen LogP contribution in [-0.4, -0.2) is 34.0 Å². The number of methoxy groups -OCH3 is 4. The van der Waals surface area contributed by atoms with Crippen molar-refractivity contribution in [2.24, 2.45) is 0 Å². The molecule has 0 spiro atoms. The quantitative estimate of drug-likeness (QED) is 0.524. The van der Waals surface area contributed by atoms with Crippen LogP contribution in [-0.2, 0) is 0 Å². The van der Waals surface area contributed by atoms with Crippen molar-refractivity contribution in [2.75, 3.05) is 28.4 Å². The zero-order valence-corrected chi connectivity index (χ0v) is 16.6. The first kappa shape index (κ1) is 21.7.